The van der Waals surface area contributed by atoms with E-state index in [1.54, 1.807) is 0 Å². The van der Waals surface area contributed by atoms with Crippen LogP contribution in [0, 0.1) is 0 Å². The number of carbonyl (C=O) groups excluding carboxylic acids is 2. The zero-order valence-electron chi connectivity index (χ0n) is 51.5. The number of quaternary nitrogens is 1. The highest BCUT2D eigenvalue weighted by Gasteiger charge is 2.22. The molecule has 0 spiro atoms. The lowest BCUT2D eigenvalue weighted by molar-refractivity contribution is -0.870. The Balaban J connectivity index is 4.02. The van der Waals surface area contributed by atoms with Crippen LogP contribution in [-0.4, -0.2) is 70.0 Å². The number of ether oxygens (including phenoxy) is 2. The molecule has 9 nitrogen and oxygen atoms in total. The smallest absolute Gasteiger partial charge is 0.306 e. The van der Waals surface area contributed by atoms with Gasteiger partial charge in [-0.25, -0.2) is 0 Å². The number of carbonyl (C=O) groups is 2. The molecule has 0 saturated carbocycles. The van der Waals surface area contributed by atoms with Gasteiger partial charge in [0.05, 0.1) is 27.7 Å². The number of rotatable bonds is 63. The van der Waals surface area contributed by atoms with Crippen molar-refractivity contribution in [2.24, 2.45) is 0 Å². The standard InChI is InChI=1S/C66H130NO8P/c1-6-8-10-12-14-16-18-20-22-24-26-28-30-32-33-35-37-39-41-43-45-47-49-51-53-55-57-59-66(69)75-64(63-74-76(70,71)73-61-60-67(3,4)5)62-72-65(68)58-56-54-52-50-48-46-44-42-40-38-36-34-31-29-27-25-23-21-19-17-15-13-11-9-7-2/h24,26,64H,6-23,25,27-63H2,1-5H3/b26-24-. The van der Waals surface area contributed by atoms with E-state index in [1.165, 1.54) is 283 Å². The first-order valence-corrected chi connectivity index (χ1v) is 34.9. The van der Waals surface area contributed by atoms with Crippen molar-refractivity contribution in [1.29, 1.82) is 0 Å². The molecule has 0 radical (unpaired) electrons. The molecule has 0 N–H and O–H groups in total. The van der Waals surface area contributed by atoms with Crippen molar-refractivity contribution in [3.05, 3.63) is 12.2 Å². The summed E-state index contributed by atoms with van der Waals surface area (Å²) in [5.41, 5.74) is 0. The molecule has 0 rings (SSSR count). The zero-order chi connectivity index (χ0) is 55.6. The summed E-state index contributed by atoms with van der Waals surface area (Å²) in [6.45, 7) is 4.32. The number of allylic oxidation sites excluding steroid dienone is 2. The van der Waals surface area contributed by atoms with Crippen LogP contribution in [0.25, 0.3) is 0 Å². The molecule has 0 fully saturated rings. The minimum Gasteiger partial charge on any atom is -0.756 e. The number of phosphoric ester groups is 1. The van der Waals surface area contributed by atoms with Crippen molar-refractivity contribution in [2.75, 3.05) is 47.5 Å². The molecule has 0 aromatic carbocycles. The Morgan fingerprint density at radius 1 is 0.395 bits per heavy atom. The number of nitrogens with zero attached hydrogens (tertiary/aromatic N) is 1. The van der Waals surface area contributed by atoms with Gasteiger partial charge in [-0.05, 0) is 38.5 Å². The zero-order valence-corrected chi connectivity index (χ0v) is 52.4. The van der Waals surface area contributed by atoms with E-state index in [0.717, 1.165) is 32.1 Å². The molecule has 0 aliphatic rings. The Bertz CT molecular complexity index is 1290. The van der Waals surface area contributed by atoms with Gasteiger partial charge in [-0.15, -0.1) is 0 Å². The normalized spacial score (nSPS) is 13.2. The molecule has 452 valence electrons. The number of hydrogen-bond donors (Lipinski definition) is 0. The molecule has 0 aliphatic carbocycles. The Morgan fingerprint density at radius 2 is 0.671 bits per heavy atom. The van der Waals surface area contributed by atoms with E-state index in [2.05, 4.69) is 26.0 Å². The summed E-state index contributed by atoms with van der Waals surface area (Å²) < 4.78 is 34.3. The summed E-state index contributed by atoms with van der Waals surface area (Å²) in [6, 6.07) is 0. The van der Waals surface area contributed by atoms with Gasteiger partial charge in [0, 0.05) is 12.8 Å². The van der Waals surface area contributed by atoms with E-state index in [9.17, 15) is 19.0 Å². The fourth-order valence-electron chi connectivity index (χ4n) is 10.1. The lowest BCUT2D eigenvalue weighted by Crippen LogP contribution is -2.37. The summed E-state index contributed by atoms with van der Waals surface area (Å²) in [6.07, 6.45) is 70.0. The molecule has 0 aromatic heterocycles. The molecule has 0 aromatic rings. The van der Waals surface area contributed by atoms with Crippen LogP contribution in [0.2, 0.25) is 0 Å². The Labute approximate surface area is 473 Å². The molecule has 0 aliphatic heterocycles. The maximum atomic E-state index is 12.8. The molecule has 0 saturated heterocycles. The summed E-state index contributed by atoms with van der Waals surface area (Å²) in [5, 5.41) is 0. The van der Waals surface area contributed by atoms with Crippen LogP contribution >= 0.6 is 7.82 Å². The van der Waals surface area contributed by atoms with Gasteiger partial charge >= 0.3 is 11.9 Å². The first-order chi connectivity index (χ1) is 37.0. The Hall–Kier alpha value is -1.25. The van der Waals surface area contributed by atoms with E-state index in [0.29, 0.717) is 17.4 Å². The summed E-state index contributed by atoms with van der Waals surface area (Å²) >= 11 is 0. The van der Waals surface area contributed by atoms with Gasteiger partial charge < -0.3 is 27.9 Å². The van der Waals surface area contributed by atoms with Gasteiger partial charge in [0.2, 0.25) is 0 Å². The summed E-state index contributed by atoms with van der Waals surface area (Å²) in [7, 11) is 1.19. The number of esters is 2. The third kappa shape index (κ3) is 62.0. The fraction of sp³-hybridized carbons (Fsp3) is 0.939. The number of likely N-dealkylation sites (N-methyl/N-ethyl adjacent to an activating group) is 1. The van der Waals surface area contributed by atoms with Gasteiger partial charge in [0.1, 0.15) is 19.8 Å². The molecule has 0 heterocycles. The molecule has 2 unspecified atom stereocenters. The predicted octanol–water partition coefficient (Wildman–Crippen LogP) is 20.5. The SMILES string of the molecule is CCCCCCCCCC/C=C\CCCCCCCCCCCCCCCCCC(=O)OC(COC(=O)CCCCCCCCCCCCCCCCCCCCCCCCCCC)COP(=O)([O-])OCC[N+](C)(C)C. The van der Waals surface area contributed by atoms with Crippen LogP contribution in [0.15, 0.2) is 12.2 Å². The first kappa shape index (κ1) is 74.8. The fourth-order valence-corrected chi connectivity index (χ4v) is 10.9. The van der Waals surface area contributed by atoms with Crippen molar-refractivity contribution < 1.29 is 42.1 Å². The van der Waals surface area contributed by atoms with Crippen molar-refractivity contribution in [3.63, 3.8) is 0 Å². The third-order valence-corrected chi connectivity index (χ3v) is 16.2. The number of unbranched alkanes of at least 4 members (excludes halogenated alkanes) is 47. The minimum atomic E-state index is -4.63. The maximum absolute atomic E-state index is 12.8. The topological polar surface area (TPSA) is 111 Å². The maximum Gasteiger partial charge on any atom is 0.306 e. The average molecular weight is 1100 g/mol. The minimum absolute atomic E-state index is 0.0263. The lowest BCUT2D eigenvalue weighted by atomic mass is 10.0. The van der Waals surface area contributed by atoms with E-state index < -0.39 is 26.5 Å². The van der Waals surface area contributed by atoms with Crippen LogP contribution in [0.3, 0.4) is 0 Å². The van der Waals surface area contributed by atoms with Gasteiger partial charge in [-0.2, -0.15) is 0 Å². The Kier molecular flexibility index (Phi) is 57.4. The third-order valence-electron chi connectivity index (χ3n) is 15.3. The highest BCUT2D eigenvalue weighted by molar-refractivity contribution is 7.45. The molecular formula is C66H130NO8P. The van der Waals surface area contributed by atoms with Crippen LogP contribution < -0.4 is 4.89 Å². The van der Waals surface area contributed by atoms with Crippen LogP contribution in [0.5, 0.6) is 0 Å². The van der Waals surface area contributed by atoms with Gasteiger partial charge in [-0.1, -0.05) is 309 Å². The van der Waals surface area contributed by atoms with E-state index in [1.807, 2.05) is 21.1 Å². The molecule has 10 heteroatoms. The Morgan fingerprint density at radius 3 is 0.974 bits per heavy atom. The van der Waals surface area contributed by atoms with E-state index >= 15 is 0 Å². The highest BCUT2D eigenvalue weighted by atomic mass is 31.2. The van der Waals surface area contributed by atoms with Gasteiger partial charge in [-0.3, -0.25) is 14.2 Å². The van der Waals surface area contributed by atoms with E-state index in [-0.39, 0.29) is 32.0 Å². The molecule has 76 heavy (non-hydrogen) atoms. The van der Waals surface area contributed by atoms with Crippen molar-refractivity contribution in [3.8, 4) is 0 Å². The van der Waals surface area contributed by atoms with Gasteiger partial charge in [0.25, 0.3) is 7.82 Å². The summed E-state index contributed by atoms with van der Waals surface area (Å²) in [5.74, 6) is -0.809. The highest BCUT2D eigenvalue weighted by Crippen LogP contribution is 2.38. The first-order valence-electron chi connectivity index (χ1n) is 33.4. The summed E-state index contributed by atoms with van der Waals surface area (Å²) in [4.78, 5) is 38.0. The van der Waals surface area contributed by atoms with Crippen LogP contribution in [-0.2, 0) is 32.7 Å². The monoisotopic (exact) mass is 1100 g/mol. The second-order valence-electron chi connectivity index (χ2n) is 24.2. The predicted molar refractivity (Wildman–Crippen MR) is 324 cm³/mol. The lowest BCUT2D eigenvalue weighted by Gasteiger charge is -2.28. The second-order valence-corrected chi connectivity index (χ2v) is 25.6. The molecule has 0 amide bonds. The van der Waals surface area contributed by atoms with Crippen molar-refractivity contribution in [2.45, 2.75) is 354 Å². The van der Waals surface area contributed by atoms with Crippen molar-refractivity contribution >= 4 is 19.8 Å². The van der Waals surface area contributed by atoms with Crippen molar-refractivity contribution in [1.82, 2.24) is 0 Å². The quantitative estimate of drug-likeness (QED) is 0.0195. The van der Waals surface area contributed by atoms with Gasteiger partial charge in [0.15, 0.2) is 6.10 Å². The van der Waals surface area contributed by atoms with Crippen LogP contribution in [0.1, 0.15) is 348 Å². The number of phosphoric acid groups is 1. The number of hydrogen-bond acceptors (Lipinski definition) is 8. The van der Waals surface area contributed by atoms with Crippen LogP contribution in [0.4, 0.5) is 0 Å². The van der Waals surface area contributed by atoms with E-state index in [4.69, 9.17) is 18.5 Å². The molecule has 0 bridgehead atoms. The second kappa shape index (κ2) is 58.4. The molecular weight excluding hydrogens is 966 g/mol. The molecule has 2 atom stereocenters. The largest absolute Gasteiger partial charge is 0.756 e. The average Bonchev–Trinajstić information content (AvgIpc) is 3.38.